The van der Waals surface area contributed by atoms with Crippen LogP contribution in [0.2, 0.25) is 10.0 Å². The zero-order valence-corrected chi connectivity index (χ0v) is 21.8. The third-order valence-electron chi connectivity index (χ3n) is 5.24. The van der Waals surface area contributed by atoms with Crippen molar-refractivity contribution in [2.24, 2.45) is 0 Å². The van der Waals surface area contributed by atoms with E-state index < -0.39 is 23.5 Å². The van der Waals surface area contributed by atoms with Gasteiger partial charge < -0.3 is 0 Å². The van der Waals surface area contributed by atoms with Gasteiger partial charge in [0.15, 0.2) is 0 Å². The van der Waals surface area contributed by atoms with Gasteiger partial charge in [-0.05, 0) is 72.8 Å². The Labute approximate surface area is 235 Å². The van der Waals surface area contributed by atoms with Crippen molar-refractivity contribution < 1.29 is 26.3 Å². The Morgan fingerprint density at radius 1 is 0.487 bits per heavy atom. The summed E-state index contributed by atoms with van der Waals surface area (Å²) in [6.45, 7) is 0. The Bertz CT molecular complexity index is 1490. The number of hydrogen-bond acceptors (Lipinski definition) is 1. The molecule has 0 amide bonds. The Kier molecular flexibility index (Phi) is 8.57. The van der Waals surface area contributed by atoms with Crippen LogP contribution in [0.1, 0.15) is 33.4 Å². The first-order chi connectivity index (χ1) is 18.4. The Morgan fingerprint density at radius 3 is 1.18 bits per heavy atom. The molecule has 0 unspecified atom stereocenters. The van der Waals surface area contributed by atoms with Crippen LogP contribution < -0.4 is 0 Å². The molecule has 9 heteroatoms. The van der Waals surface area contributed by atoms with Gasteiger partial charge in [0.25, 0.3) is 0 Å². The zero-order chi connectivity index (χ0) is 28.2. The third kappa shape index (κ3) is 7.34. The van der Waals surface area contributed by atoms with Gasteiger partial charge in [-0.25, -0.2) is 0 Å². The predicted molar refractivity (Wildman–Crippen MR) is 142 cm³/mol. The highest BCUT2D eigenvalue weighted by molar-refractivity contribution is 7.99. The van der Waals surface area contributed by atoms with Crippen molar-refractivity contribution in [3.05, 3.63) is 128 Å². The highest BCUT2D eigenvalue weighted by Gasteiger charge is 2.36. The molecule has 0 atom stereocenters. The number of alkyl halides is 6. The largest absolute Gasteiger partial charge is 0.417 e. The lowest BCUT2D eigenvalue weighted by Gasteiger charge is -2.15. The molecule has 4 aromatic carbocycles. The molecular weight excluding hydrogens is 577 g/mol. The van der Waals surface area contributed by atoms with E-state index in [4.69, 9.17) is 23.2 Å². The van der Waals surface area contributed by atoms with E-state index in [1.807, 2.05) is 0 Å². The summed E-state index contributed by atoms with van der Waals surface area (Å²) in [5.74, 6) is 10.5. The first-order valence-corrected chi connectivity index (χ1v) is 12.6. The van der Waals surface area contributed by atoms with Crippen LogP contribution >= 0.6 is 35.0 Å². The van der Waals surface area contributed by atoms with Crippen LogP contribution in [0.3, 0.4) is 0 Å². The van der Waals surface area contributed by atoms with E-state index in [1.165, 1.54) is 24.3 Å². The molecule has 0 aromatic heterocycles. The van der Waals surface area contributed by atoms with E-state index in [-0.39, 0.29) is 20.9 Å². The number of halogens is 8. The first kappa shape index (κ1) is 28.5. The van der Waals surface area contributed by atoms with Crippen molar-refractivity contribution in [1.82, 2.24) is 0 Å². The van der Waals surface area contributed by atoms with Crippen LogP contribution in [0.5, 0.6) is 0 Å². The number of rotatable bonds is 2. The molecule has 4 rings (SSSR count). The molecule has 0 saturated carbocycles. The maximum atomic E-state index is 13.9. The maximum absolute atomic E-state index is 13.9. The molecule has 0 aliphatic rings. The zero-order valence-electron chi connectivity index (χ0n) is 19.5. The smallest absolute Gasteiger partial charge is 0.166 e. The summed E-state index contributed by atoms with van der Waals surface area (Å²) in [5.41, 5.74) is -1.90. The fourth-order valence-electron chi connectivity index (χ4n) is 3.42. The summed E-state index contributed by atoms with van der Waals surface area (Å²) in [4.78, 5) is 0.0558. The van der Waals surface area contributed by atoms with E-state index in [2.05, 4.69) is 23.7 Å². The second kappa shape index (κ2) is 11.7. The molecule has 196 valence electrons. The van der Waals surface area contributed by atoms with Crippen LogP contribution in [0.15, 0.2) is 94.7 Å². The second-order valence-corrected chi connectivity index (χ2v) is 9.93. The van der Waals surface area contributed by atoms with E-state index in [9.17, 15) is 26.3 Å². The molecular formula is C30H14Cl2F6S. The molecule has 0 saturated heterocycles. The Balaban J connectivity index is 1.85. The molecule has 0 fully saturated rings. The van der Waals surface area contributed by atoms with Gasteiger partial charge in [0.2, 0.25) is 0 Å². The lowest BCUT2D eigenvalue weighted by Crippen LogP contribution is -2.09. The summed E-state index contributed by atoms with van der Waals surface area (Å²) in [7, 11) is 0. The maximum Gasteiger partial charge on any atom is 0.417 e. The van der Waals surface area contributed by atoms with Crippen molar-refractivity contribution in [3.8, 4) is 23.7 Å². The Hall–Kier alpha value is -3.49. The molecule has 39 heavy (non-hydrogen) atoms. The van der Waals surface area contributed by atoms with Gasteiger partial charge in [-0.1, -0.05) is 70.8 Å². The van der Waals surface area contributed by atoms with E-state index >= 15 is 0 Å². The molecule has 0 heterocycles. The van der Waals surface area contributed by atoms with E-state index in [0.717, 1.165) is 23.9 Å². The van der Waals surface area contributed by atoms with Crippen LogP contribution in [0, 0.1) is 23.7 Å². The second-order valence-electron chi connectivity index (χ2n) is 7.97. The van der Waals surface area contributed by atoms with Crippen LogP contribution in [0.4, 0.5) is 26.3 Å². The van der Waals surface area contributed by atoms with Gasteiger partial charge in [0, 0.05) is 31.0 Å². The SMILES string of the molecule is FC(F)(F)c1cccc(Sc2cccc(C(F)(F)F)c2C#Cc2ccc(Cl)cc2)c1C#Cc1ccc(Cl)cc1. The van der Waals surface area contributed by atoms with Gasteiger partial charge in [0.1, 0.15) is 0 Å². The normalized spacial score (nSPS) is 11.3. The van der Waals surface area contributed by atoms with Gasteiger partial charge in [0.05, 0.1) is 22.3 Å². The predicted octanol–water partition coefficient (Wildman–Crippen LogP) is 9.98. The molecule has 4 aromatic rings. The van der Waals surface area contributed by atoms with Gasteiger partial charge in [-0.3, -0.25) is 0 Å². The van der Waals surface area contributed by atoms with Crippen LogP contribution in [-0.4, -0.2) is 0 Å². The monoisotopic (exact) mass is 590 g/mol. The van der Waals surface area contributed by atoms with Crippen LogP contribution in [-0.2, 0) is 12.4 Å². The summed E-state index contributed by atoms with van der Waals surface area (Å²) < 4.78 is 83.4. The molecule has 0 N–H and O–H groups in total. The van der Waals surface area contributed by atoms with Gasteiger partial charge in [-0.2, -0.15) is 26.3 Å². The minimum Gasteiger partial charge on any atom is -0.166 e. The number of hydrogen-bond donors (Lipinski definition) is 0. The standard InChI is InChI=1S/C30H14Cl2F6S/c31-21-13-7-19(8-14-21)11-17-23-25(29(33,34)35)3-1-5-27(23)39-28-6-2-4-26(30(36,37)38)24(28)18-12-20-9-15-22(32)16-10-20/h1-10,13-16H. The average molecular weight is 591 g/mol. The van der Waals surface area contributed by atoms with Crippen LogP contribution in [0.25, 0.3) is 0 Å². The fourth-order valence-corrected chi connectivity index (χ4v) is 4.73. The highest BCUT2D eigenvalue weighted by Crippen LogP contribution is 2.42. The van der Waals surface area contributed by atoms with E-state index in [1.54, 1.807) is 48.5 Å². The molecule has 0 nitrogen and oxygen atoms in total. The van der Waals surface area contributed by atoms with E-state index in [0.29, 0.717) is 21.2 Å². The molecule has 0 aliphatic carbocycles. The van der Waals surface area contributed by atoms with Crippen molar-refractivity contribution in [2.75, 3.05) is 0 Å². The van der Waals surface area contributed by atoms with Crippen molar-refractivity contribution >= 4 is 35.0 Å². The number of benzene rings is 4. The summed E-state index contributed by atoms with van der Waals surface area (Å²) in [5, 5.41) is 0.869. The van der Waals surface area contributed by atoms with Crippen molar-refractivity contribution in [3.63, 3.8) is 0 Å². The summed E-state index contributed by atoms with van der Waals surface area (Å²) in [6.07, 6.45) is -9.49. The first-order valence-electron chi connectivity index (χ1n) is 11.1. The highest BCUT2D eigenvalue weighted by atomic mass is 35.5. The lowest BCUT2D eigenvalue weighted by atomic mass is 10.1. The molecule has 0 radical (unpaired) electrons. The fraction of sp³-hybridized carbons (Fsp3) is 0.0667. The lowest BCUT2D eigenvalue weighted by molar-refractivity contribution is -0.138. The van der Waals surface area contributed by atoms with Gasteiger partial charge >= 0.3 is 12.4 Å². The Morgan fingerprint density at radius 2 is 0.846 bits per heavy atom. The molecule has 0 spiro atoms. The van der Waals surface area contributed by atoms with Crippen molar-refractivity contribution in [2.45, 2.75) is 22.1 Å². The minimum atomic E-state index is -4.74. The summed E-state index contributed by atoms with van der Waals surface area (Å²) in [6, 6.07) is 19.3. The minimum absolute atomic E-state index is 0.0279. The van der Waals surface area contributed by atoms with Crippen molar-refractivity contribution in [1.29, 1.82) is 0 Å². The summed E-state index contributed by atoms with van der Waals surface area (Å²) >= 11 is 12.5. The topological polar surface area (TPSA) is 0 Å². The third-order valence-corrected chi connectivity index (χ3v) is 6.86. The molecule has 0 aliphatic heterocycles. The molecule has 0 bridgehead atoms. The van der Waals surface area contributed by atoms with Gasteiger partial charge in [-0.15, -0.1) is 0 Å². The average Bonchev–Trinajstić information content (AvgIpc) is 2.87. The quantitative estimate of drug-likeness (QED) is 0.165.